The second-order valence-electron chi connectivity index (χ2n) is 5.28. The normalized spacial score (nSPS) is 21.6. The number of benzene rings is 1. The first-order valence-corrected chi connectivity index (χ1v) is 6.41. The van der Waals surface area contributed by atoms with Gasteiger partial charge in [-0.25, -0.2) is 0 Å². The van der Waals surface area contributed by atoms with Crippen molar-refractivity contribution in [3.05, 3.63) is 35.4 Å². The number of hydrogen-bond donors (Lipinski definition) is 1. The molecule has 2 nitrogen and oxygen atoms in total. The van der Waals surface area contributed by atoms with Crippen LogP contribution in [0.2, 0.25) is 0 Å². The highest BCUT2D eigenvalue weighted by atomic mass is 16.5. The fraction of sp³-hybridized carbons (Fsp3) is 0.600. The van der Waals surface area contributed by atoms with Gasteiger partial charge in [0.15, 0.2) is 0 Å². The molecule has 0 aromatic heterocycles. The van der Waals surface area contributed by atoms with Crippen molar-refractivity contribution in [2.24, 2.45) is 0 Å². The SMILES string of the molecule is COC(C)C(C)(O)c1ccc(C2CCC2)cc1. The first-order valence-electron chi connectivity index (χ1n) is 6.41. The maximum Gasteiger partial charge on any atom is 0.113 e. The van der Waals surface area contributed by atoms with E-state index in [4.69, 9.17) is 4.74 Å². The fourth-order valence-corrected chi connectivity index (χ4v) is 2.30. The average Bonchev–Trinajstić information content (AvgIpc) is 2.26. The average molecular weight is 234 g/mol. The van der Waals surface area contributed by atoms with Gasteiger partial charge in [0.2, 0.25) is 0 Å². The Labute approximate surface area is 104 Å². The van der Waals surface area contributed by atoms with Crippen LogP contribution in [-0.4, -0.2) is 18.3 Å². The van der Waals surface area contributed by atoms with Gasteiger partial charge >= 0.3 is 0 Å². The Kier molecular flexibility index (Phi) is 3.55. The predicted molar refractivity (Wildman–Crippen MR) is 69.1 cm³/mol. The van der Waals surface area contributed by atoms with Crippen molar-refractivity contribution in [1.29, 1.82) is 0 Å². The summed E-state index contributed by atoms with van der Waals surface area (Å²) in [5.74, 6) is 0.744. The molecule has 1 aliphatic carbocycles. The Morgan fingerprint density at radius 2 is 1.88 bits per heavy atom. The summed E-state index contributed by atoms with van der Waals surface area (Å²) in [6.45, 7) is 3.69. The van der Waals surface area contributed by atoms with Crippen LogP contribution in [0.4, 0.5) is 0 Å². The van der Waals surface area contributed by atoms with Crippen LogP contribution < -0.4 is 0 Å². The van der Waals surface area contributed by atoms with E-state index >= 15 is 0 Å². The highest BCUT2D eigenvalue weighted by Gasteiger charge is 2.30. The molecule has 1 fully saturated rings. The number of hydrogen-bond acceptors (Lipinski definition) is 2. The van der Waals surface area contributed by atoms with E-state index in [0.29, 0.717) is 0 Å². The van der Waals surface area contributed by atoms with E-state index in [-0.39, 0.29) is 6.10 Å². The van der Waals surface area contributed by atoms with Crippen molar-refractivity contribution in [1.82, 2.24) is 0 Å². The minimum absolute atomic E-state index is 0.211. The molecule has 1 N–H and O–H groups in total. The Morgan fingerprint density at radius 3 is 2.29 bits per heavy atom. The highest BCUT2D eigenvalue weighted by Crippen LogP contribution is 2.37. The fourth-order valence-electron chi connectivity index (χ4n) is 2.30. The van der Waals surface area contributed by atoms with Crippen LogP contribution in [0.1, 0.15) is 50.2 Å². The van der Waals surface area contributed by atoms with Crippen LogP contribution in [-0.2, 0) is 10.3 Å². The van der Waals surface area contributed by atoms with Crippen LogP contribution in [0.5, 0.6) is 0 Å². The molecule has 2 unspecified atom stereocenters. The van der Waals surface area contributed by atoms with E-state index in [0.717, 1.165) is 11.5 Å². The molecule has 1 saturated carbocycles. The van der Waals surface area contributed by atoms with E-state index in [1.54, 1.807) is 14.0 Å². The van der Waals surface area contributed by atoms with Gasteiger partial charge in [-0.2, -0.15) is 0 Å². The van der Waals surface area contributed by atoms with Gasteiger partial charge < -0.3 is 9.84 Å². The number of aliphatic hydroxyl groups is 1. The van der Waals surface area contributed by atoms with Crippen LogP contribution in [0.3, 0.4) is 0 Å². The number of rotatable bonds is 4. The van der Waals surface area contributed by atoms with Crippen LogP contribution >= 0.6 is 0 Å². The molecular weight excluding hydrogens is 212 g/mol. The van der Waals surface area contributed by atoms with Crippen LogP contribution in [0, 0.1) is 0 Å². The van der Waals surface area contributed by atoms with Gasteiger partial charge in [-0.3, -0.25) is 0 Å². The molecule has 0 aliphatic heterocycles. The monoisotopic (exact) mass is 234 g/mol. The molecule has 1 aliphatic rings. The molecule has 0 saturated heterocycles. The lowest BCUT2D eigenvalue weighted by molar-refractivity contribution is -0.0772. The van der Waals surface area contributed by atoms with Crippen molar-refractivity contribution in [3.63, 3.8) is 0 Å². The summed E-state index contributed by atoms with van der Waals surface area (Å²) in [4.78, 5) is 0. The third-order valence-electron chi connectivity index (χ3n) is 4.22. The van der Waals surface area contributed by atoms with Crippen molar-refractivity contribution in [2.75, 3.05) is 7.11 Å². The van der Waals surface area contributed by atoms with Gasteiger partial charge in [0.1, 0.15) is 5.60 Å². The Hall–Kier alpha value is -0.860. The summed E-state index contributed by atoms with van der Waals surface area (Å²) in [6, 6.07) is 8.36. The lowest BCUT2D eigenvalue weighted by Gasteiger charge is -2.31. The van der Waals surface area contributed by atoms with E-state index in [1.165, 1.54) is 24.8 Å². The smallest absolute Gasteiger partial charge is 0.113 e. The summed E-state index contributed by atoms with van der Waals surface area (Å²) in [5, 5.41) is 10.4. The number of ether oxygens (including phenoxy) is 1. The van der Waals surface area contributed by atoms with E-state index in [1.807, 2.05) is 19.1 Å². The molecule has 2 atom stereocenters. The molecule has 0 heterocycles. The Bertz CT molecular complexity index is 363. The standard InChI is InChI=1S/C15H22O2/c1-11(17-3)15(2,16)14-9-7-13(8-10-14)12-5-4-6-12/h7-12,16H,4-6H2,1-3H3. The Balaban J connectivity index is 2.16. The molecule has 1 aromatic rings. The molecule has 2 heteroatoms. The van der Waals surface area contributed by atoms with Gasteiger partial charge in [-0.1, -0.05) is 30.7 Å². The second kappa shape index (κ2) is 4.79. The van der Waals surface area contributed by atoms with Gasteiger partial charge in [0, 0.05) is 7.11 Å². The summed E-state index contributed by atoms with van der Waals surface area (Å²) >= 11 is 0. The summed E-state index contributed by atoms with van der Waals surface area (Å²) < 4.78 is 5.23. The van der Waals surface area contributed by atoms with Crippen LogP contribution in [0.15, 0.2) is 24.3 Å². The number of methoxy groups -OCH3 is 1. The lowest BCUT2D eigenvalue weighted by atomic mass is 9.79. The van der Waals surface area contributed by atoms with Gasteiger partial charge in [0.25, 0.3) is 0 Å². The third kappa shape index (κ3) is 2.38. The lowest BCUT2D eigenvalue weighted by Crippen LogP contribution is -2.35. The predicted octanol–water partition coefficient (Wildman–Crippen LogP) is 3.20. The first kappa shape index (κ1) is 12.6. The molecule has 2 rings (SSSR count). The van der Waals surface area contributed by atoms with Crippen molar-refractivity contribution in [3.8, 4) is 0 Å². The van der Waals surface area contributed by atoms with E-state index in [9.17, 15) is 5.11 Å². The molecule has 0 radical (unpaired) electrons. The molecule has 0 amide bonds. The van der Waals surface area contributed by atoms with E-state index < -0.39 is 5.60 Å². The quantitative estimate of drug-likeness (QED) is 0.867. The van der Waals surface area contributed by atoms with Gasteiger partial charge in [0.05, 0.1) is 6.10 Å². The first-order chi connectivity index (χ1) is 8.05. The zero-order chi connectivity index (χ0) is 12.5. The third-order valence-corrected chi connectivity index (χ3v) is 4.22. The highest BCUT2D eigenvalue weighted by molar-refractivity contribution is 5.30. The summed E-state index contributed by atoms with van der Waals surface area (Å²) in [7, 11) is 1.63. The maximum absolute atomic E-state index is 10.4. The summed E-state index contributed by atoms with van der Waals surface area (Å²) in [6.07, 6.45) is 3.76. The molecule has 0 bridgehead atoms. The molecule has 1 aromatic carbocycles. The largest absolute Gasteiger partial charge is 0.383 e. The minimum Gasteiger partial charge on any atom is -0.383 e. The molecular formula is C15H22O2. The molecule has 17 heavy (non-hydrogen) atoms. The minimum atomic E-state index is -0.924. The molecule has 0 spiro atoms. The van der Waals surface area contributed by atoms with Gasteiger partial charge in [-0.05, 0) is 43.7 Å². The zero-order valence-corrected chi connectivity index (χ0v) is 10.9. The topological polar surface area (TPSA) is 29.5 Å². The molecule has 94 valence electrons. The van der Waals surface area contributed by atoms with Crippen molar-refractivity contribution in [2.45, 2.75) is 50.7 Å². The van der Waals surface area contributed by atoms with Crippen LogP contribution in [0.25, 0.3) is 0 Å². The second-order valence-corrected chi connectivity index (χ2v) is 5.28. The Morgan fingerprint density at radius 1 is 1.29 bits per heavy atom. The zero-order valence-electron chi connectivity index (χ0n) is 10.9. The van der Waals surface area contributed by atoms with Gasteiger partial charge in [-0.15, -0.1) is 0 Å². The maximum atomic E-state index is 10.4. The summed E-state index contributed by atoms with van der Waals surface area (Å²) in [5.41, 5.74) is 1.41. The van der Waals surface area contributed by atoms with Crippen molar-refractivity contribution < 1.29 is 9.84 Å². The van der Waals surface area contributed by atoms with Crippen molar-refractivity contribution >= 4 is 0 Å². The van der Waals surface area contributed by atoms with E-state index in [2.05, 4.69) is 12.1 Å².